The van der Waals surface area contributed by atoms with Crippen molar-refractivity contribution < 1.29 is 4.79 Å². The fourth-order valence-corrected chi connectivity index (χ4v) is 3.86. The number of nitrogens with zero attached hydrogens (tertiary/aromatic N) is 2. The second-order valence-electron chi connectivity index (χ2n) is 8.35. The summed E-state index contributed by atoms with van der Waals surface area (Å²) in [6, 6.07) is 16.7. The second kappa shape index (κ2) is 14.9. The maximum Gasteiger partial charge on any atom is 0.224 e. The van der Waals surface area contributed by atoms with Crippen molar-refractivity contribution in [3.63, 3.8) is 0 Å². The summed E-state index contributed by atoms with van der Waals surface area (Å²) >= 11 is 0. The summed E-state index contributed by atoms with van der Waals surface area (Å²) in [5, 5.41) is 9.68. The number of nitrogens with one attached hydrogen (secondary N) is 3. The third-order valence-corrected chi connectivity index (χ3v) is 5.54. The molecule has 1 fully saturated rings. The molecule has 1 aliphatic heterocycles. The van der Waals surface area contributed by atoms with E-state index in [0.29, 0.717) is 13.0 Å². The van der Waals surface area contributed by atoms with Crippen molar-refractivity contribution in [3.8, 4) is 0 Å². The normalized spacial score (nSPS) is 13.9. The van der Waals surface area contributed by atoms with E-state index in [4.69, 9.17) is 4.99 Å². The highest BCUT2D eigenvalue weighted by atomic mass is 127. The van der Waals surface area contributed by atoms with Gasteiger partial charge in [-0.1, -0.05) is 43.3 Å². The SMILES string of the molecule is CCCC(=O)Nc1cccc(CN=C(NCC)NCc2ccc(CN3CCCC3)cc2)c1.I. The van der Waals surface area contributed by atoms with Crippen LogP contribution in [-0.4, -0.2) is 36.4 Å². The van der Waals surface area contributed by atoms with Gasteiger partial charge in [-0.3, -0.25) is 9.69 Å². The minimum atomic E-state index is 0. The van der Waals surface area contributed by atoms with Crippen LogP contribution in [0.2, 0.25) is 0 Å². The predicted molar refractivity (Wildman–Crippen MR) is 148 cm³/mol. The van der Waals surface area contributed by atoms with Gasteiger partial charge >= 0.3 is 0 Å². The predicted octanol–water partition coefficient (Wildman–Crippen LogP) is 4.89. The van der Waals surface area contributed by atoms with Crippen LogP contribution >= 0.6 is 24.0 Å². The molecule has 0 radical (unpaired) electrons. The Kier molecular flexibility index (Phi) is 12.2. The lowest BCUT2D eigenvalue weighted by molar-refractivity contribution is -0.116. The van der Waals surface area contributed by atoms with E-state index in [1.807, 2.05) is 31.2 Å². The van der Waals surface area contributed by atoms with Crippen molar-refractivity contribution in [1.82, 2.24) is 15.5 Å². The Labute approximate surface area is 215 Å². The van der Waals surface area contributed by atoms with Crippen LogP contribution in [0.4, 0.5) is 5.69 Å². The van der Waals surface area contributed by atoms with Crippen LogP contribution in [0.1, 0.15) is 56.2 Å². The number of benzene rings is 2. The summed E-state index contributed by atoms with van der Waals surface area (Å²) in [5.74, 6) is 0.837. The lowest BCUT2D eigenvalue weighted by Crippen LogP contribution is -2.36. The molecule has 0 unspecified atom stereocenters. The van der Waals surface area contributed by atoms with Gasteiger partial charge in [0.2, 0.25) is 5.91 Å². The van der Waals surface area contributed by atoms with Crippen molar-refractivity contribution in [2.24, 2.45) is 4.99 Å². The van der Waals surface area contributed by atoms with Crippen LogP contribution < -0.4 is 16.0 Å². The van der Waals surface area contributed by atoms with E-state index in [1.54, 1.807) is 0 Å². The Balaban J connectivity index is 0.00000385. The average Bonchev–Trinajstić information content (AvgIpc) is 3.30. The van der Waals surface area contributed by atoms with Crippen LogP contribution in [0, 0.1) is 0 Å². The number of halogens is 1. The first-order valence-electron chi connectivity index (χ1n) is 11.9. The highest BCUT2D eigenvalue weighted by Crippen LogP contribution is 2.14. The van der Waals surface area contributed by atoms with E-state index in [0.717, 1.165) is 43.3 Å². The molecule has 2 aromatic rings. The van der Waals surface area contributed by atoms with Crippen molar-refractivity contribution in [2.45, 2.75) is 59.2 Å². The molecular formula is C26H38IN5O. The maximum absolute atomic E-state index is 11.8. The zero-order valence-electron chi connectivity index (χ0n) is 19.9. The van der Waals surface area contributed by atoms with Gasteiger partial charge in [-0.15, -0.1) is 24.0 Å². The molecule has 3 rings (SSSR count). The Morgan fingerprint density at radius 3 is 2.39 bits per heavy atom. The molecule has 0 bridgehead atoms. The van der Waals surface area contributed by atoms with Crippen molar-refractivity contribution in [2.75, 3.05) is 25.0 Å². The topological polar surface area (TPSA) is 68.8 Å². The molecule has 0 aromatic heterocycles. The van der Waals surface area contributed by atoms with Gasteiger partial charge in [0.1, 0.15) is 0 Å². The van der Waals surface area contributed by atoms with E-state index in [1.165, 1.54) is 37.1 Å². The van der Waals surface area contributed by atoms with Gasteiger partial charge in [0, 0.05) is 31.7 Å². The number of hydrogen-bond donors (Lipinski definition) is 3. The smallest absolute Gasteiger partial charge is 0.224 e. The molecule has 33 heavy (non-hydrogen) atoms. The van der Waals surface area contributed by atoms with E-state index in [-0.39, 0.29) is 29.9 Å². The van der Waals surface area contributed by atoms with Gasteiger partial charge < -0.3 is 16.0 Å². The molecule has 6 nitrogen and oxygen atoms in total. The fraction of sp³-hybridized carbons (Fsp3) is 0.462. The summed E-state index contributed by atoms with van der Waals surface area (Å²) in [6.07, 6.45) is 4.03. The lowest BCUT2D eigenvalue weighted by atomic mass is 10.1. The average molecular weight is 564 g/mol. The van der Waals surface area contributed by atoms with Crippen LogP contribution in [0.3, 0.4) is 0 Å². The number of carbonyl (C=O) groups excluding carboxylic acids is 1. The number of aliphatic imine (C=N–C) groups is 1. The largest absolute Gasteiger partial charge is 0.357 e. The van der Waals surface area contributed by atoms with Crippen LogP contribution in [-0.2, 0) is 24.4 Å². The first-order valence-corrected chi connectivity index (χ1v) is 11.9. The molecule has 0 saturated carbocycles. The van der Waals surface area contributed by atoms with Gasteiger partial charge in [0.05, 0.1) is 6.54 Å². The highest BCUT2D eigenvalue weighted by molar-refractivity contribution is 14.0. The molecule has 0 spiro atoms. The lowest BCUT2D eigenvalue weighted by Gasteiger charge is -2.15. The number of guanidine groups is 1. The molecule has 1 saturated heterocycles. The van der Waals surface area contributed by atoms with Gasteiger partial charge in [-0.05, 0) is 68.1 Å². The zero-order chi connectivity index (χ0) is 22.6. The van der Waals surface area contributed by atoms with E-state index < -0.39 is 0 Å². The molecule has 2 aromatic carbocycles. The minimum absolute atomic E-state index is 0. The molecular weight excluding hydrogens is 525 g/mol. The molecule has 1 amide bonds. The minimum Gasteiger partial charge on any atom is -0.357 e. The van der Waals surface area contributed by atoms with Gasteiger partial charge in [-0.2, -0.15) is 0 Å². The Morgan fingerprint density at radius 2 is 1.70 bits per heavy atom. The number of hydrogen-bond acceptors (Lipinski definition) is 3. The third-order valence-electron chi connectivity index (χ3n) is 5.54. The van der Waals surface area contributed by atoms with Crippen LogP contribution in [0.25, 0.3) is 0 Å². The van der Waals surface area contributed by atoms with Gasteiger partial charge in [-0.25, -0.2) is 4.99 Å². The van der Waals surface area contributed by atoms with Gasteiger partial charge in [0.25, 0.3) is 0 Å². The third kappa shape index (κ3) is 9.71. The van der Waals surface area contributed by atoms with Crippen LogP contribution in [0.5, 0.6) is 0 Å². The maximum atomic E-state index is 11.8. The summed E-state index contributed by atoms with van der Waals surface area (Å²) in [5.41, 5.74) is 4.49. The standard InChI is InChI=1S/C26H37N5O.HI/c1-3-8-25(32)30-24-10-7-9-23(17-24)19-29-26(27-4-2)28-18-21-11-13-22(14-12-21)20-31-15-5-6-16-31;/h7,9-14,17H,3-6,8,15-16,18-20H2,1-2H3,(H,30,32)(H2,27,28,29);1H. The highest BCUT2D eigenvalue weighted by Gasteiger charge is 2.11. The summed E-state index contributed by atoms with van der Waals surface area (Å²) in [7, 11) is 0. The molecule has 0 aliphatic carbocycles. The first kappa shape index (κ1) is 27.1. The van der Waals surface area contributed by atoms with E-state index >= 15 is 0 Å². The molecule has 1 heterocycles. The summed E-state index contributed by atoms with van der Waals surface area (Å²) in [6.45, 7) is 9.63. The number of carbonyl (C=O) groups is 1. The monoisotopic (exact) mass is 563 g/mol. The molecule has 180 valence electrons. The summed E-state index contributed by atoms with van der Waals surface area (Å²) < 4.78 is 0. The fourth-order valence-electron chi connectivity index (χ4n) is 3.86. The summed E-state index contributed by atoms with van der Waals surface area (Å²) in [4.78, 5) is 19.1. The number of anilines is 1. The molecule has 7 heteroatoms. The Morgan fingerprint density at radius 1 is 0.970 bits per heavy atom. The first-order chi connectivity index (χ1) is 15.7. The number of likely N-dealkylation sites (tertiary alicyclic amines) is 1. The van der Waals surface area contributed by atoms with E-state index in [2.05, 4.69) is 52.0 Å². The quantitative estimate of drug-likeness (QED) is 0.219. The molecule has 3 N–H and O–H groups in total. The van der Waals surface area contributed by atoms with Gasteiger partial charge in [0.15, 0.2) is 5.96 Å². The van der Waals surface area contributed by atoms with Crippen LogP contribution in [0.15, 0.2) is 53.5 Å². The van der Waals surface area contributed by atoms with Crippen molar-refractivity contribution in [3.05, 3.63) is 65.2 Å². The van der Waals surface area contributed by atoms with E-state index in [9.17, 15) is 4.79 Å². The van der Waals surface area contributed by atoms with Crippen molar-refractivity contribution in [1.29, 1.82) is 0 Å². The Hall–Kier alpha value is -2.13. The number of rotatable bonds is 10. The zero-order valence-corrected chi connectivity index (χ0v) is 22.2. The number of amides is 1. The second-order valence-corrected chi connectivity index (χ2v) is 8.35. The van der Waals surface area contributed by atoms with Crippen molar-refractivity contribution >= 4 is 41.5 Å². The Bertz CT molecular complexity index is 879. The molecule has 1 aliphatic rings. The molecule has 0 atom stereocenters.